The molecule has 1 heterocycles. The summed E-state index contributed by atoms with van der Waals surface area (Å²) < 4.78 is 27.5. The molecule has 0 N–H and O–H groups in total. The van der Waals surface area contributed by atoms with Crippen molar-refractivity contribution in [3.63, 3.8) is 0 Å². The first-order chi connectivity index (χ1) is 12.6. The highest BCUT2D eigenvalue weighted by atomic mass is 32.2. The molecule has 3 rings (SSSR count). The maximum atomic E-state index is 14.0. The average molecular weight is 394 g/mol. The Morgan fingerprint density at radius 2 is 1.96 bits per heavy atom. The van der Waals surface area contributed by atoms with E-state index >= 15 is 0 Å². The van der Waals surface area contributed by atoms with Crippen LogP contribution in [-0.4, -0.2) is 35.4 Å². The van der Waals surface area contributed by atoms with E-state index < -0.39 is 5.82 Å². The summed E-state index contributed by atoms with van der Waals surface area (Å²) in [6.45, 7) is 1.25. The predicted octanol–water partition coefficient (Wildman–Crippen LogP) is 5.15. The van der Waals surface area contributed by atoms with Crippen molar-refractivity contribution in [2.24, 2.45) is 0 Å². The summed E-state index contributed by atoms with van der Waals surface area (Å²) in [5.74, 6) is 0.821. The second kappa shape index (κ2) is 9.42. The van der Waals surface area contributed by atoms with Crippen molar-refractivity contribution in [3.8, 4) is 0 Å². The van der Waals surface area contributed by atoms with Gasteiger partial charge in [0.2, 0.25) is 5.91 Å². The van der Waals surface area contributed by atoms with Gasteiger partial charge in [-0.1, -0.05) is 18.2 Å². The lowest BCUT2D eigenvalue weighted by Gasteiger charge is -2.20. The Kier molecular flexibility index (Phi) is 6.97. The van der Waals surface area contributed by atoms with E-state index in [2.05, 4.69) is 0 Å². The first-order valence-corrected chi connectivity index (χ1v) is 10.7. The number of benzene rings is 2. The molecule has 0 saturated carbocycles. The predicted molar refractivity (Wildman–Crippen MR) is 105 cm³/mol. The molecule has 2 aromatic carbocycles. The van der Waals surface area contributed by atoms with Gasteiger partial charge in [0.25, 0.3) is 0 Å². The first-order valence-electron chi connectivity index (χ1n) is 8.65. The van der Waals surface area contributed by atoms with Crippen LogP contribution < -0.4 is 0 Å². The van der Waals surface area contributed by atoms with Gasteiger partial charge < -0.3 is 4.90 Å². The van der Waals surface area contributed by atoms with E-state index in [4.69, 9.17) is 0 Å². The number of amides is 1. The Morgan fingerprint density at radius 3 is 2.77 bits per heavy atom. The van der Waals surface area contributed by atoms with E-state index in [1.807, 2.05) is 35.2 Å². The van der Waals surface area contributed by atoms with Gasteiger partial charge in [-0.25, -0.2) is 8.78 Å². The zero-order valence-electron chi connectivity index (χ0n) is 14.4. The average Bonchev–Trinajstić information content (AvgIpc) is 2.91. The van der Waals surface area contributed by atoms with E-state index in [0.29, 0.717) is 31.5 Å². The van der Waals surface area contributed by atoms with E-state index in [-0.39, 0.29) is 17.0 Å². The molecule has 1 saturated heterocycles. The van der Waals surface area contributed by atoms with Crippen molar-refractivity contribution in [1.82, 2.24) is 4.90 Å². The summed E-state index contributed by atoms with van der Waals surface area (Å²) >= 11 is 3.27. The maximum absolute atomic E-state index is 14.0. The molecular formula is C20H21F2NOS2. The molecule has 0 spiro atoms. The van der Waals surface area contributed by atoms with Crippen LogP contribution in [0.4, 0.5) is 8.78 Å². The Hall–Kier alpha value is -1.53. The van der Waals surface area contributed by atoms with Gasteiger partial charge in [0.1, 0.15) is 11.6 Å². The van der Waals surface area contributed by atoms with Crippen LogP contribution in [-0.2, 0) is 4.79 Å². The molecule has 6 heteroatoms. The van der Waals surface area contributed by atoms with Crippen molar-refractivity contribution in [3.05, 3.63) is 65.7 Å². The molecule has 2 aromatic rings. The van der Waals surface area contributed by atoms with Crippen molar-refractivity contribution >= 4 is 29.4 Å². The molecular weight excluding hydrogens is 372 g/mol. The Labute approximate surface area is 161 Å². The van der Waals surface area contributed by atoms with Crippen LogP contribution in [0.1, 0.15) is 23.7 Å². The molecule has 2 nitrogen and oxygen atoms in total. The Morgan fingerprint density at radius 1 is 1.15 bits per heavy atom. The summed E-state index contributed by atoms with van der Waals surface area (Å²) in [6.07, 6.45) is 1.13. The van der Waals surface area contributed by atoms with Crippen molar-refractivity contribution in [2.45, 2.75) is 23.0 Å². The third-order valence-electron chi connectivity index (χ3n) is 4.33. The van der Waals surface area contributed by atoms with E-state index in [1.165, 1.54) is 12.1 Å². The van der Waals surface area contributed by atoms with Crippen LogP contribution in [0.25, 0.3) is 0 Å². The first kappa shape index (κ1) is 19.2. The fraction of sp³-hybridized carbons (Fsp3) is 0.350. The summed E-state index contributed by atoms with van der Waals surface area (Å²) in [6, 6.07) is 13.6. The quantitative estimate of drug-likeness (QED) is 0.655. The second-order valence-electron chi connectivity index (χ2n) is 6.11. The van der Waals surface area contributed by atoms with Gasteiger partial charge in [0.15, 0.2) is 0 Å². The van der Waals surface area contributed by atoms with E-state index in [1.54, 1.807) is 23.5 Å². The zero-order chi connectivity index (χ0) is 18.4. The molecule has 26 heavy (non-hydrogen) atoms. The fourth-order valence-corrected chi connectivity index (χ4v) is 5.06. The van der Waals surface area contributed by atoms with Gasteiger partial charge in [-0.2, -0.15) is 11.8 Å². The highest BCUT2D eigenvalue weighted by molar-refractivity contribution is 7.99. The summed E-state index contributed by atoms with van der Waals surface area (Å²) in [5, 5.41) is -0.109. The number of carbonyl (C=O) groups excluding carboxylic acids is 1. The highest BCUT2D eigenvalue weighted by Crippen LogP contribution is 2.36. The van der Waals surface area contributed by atoms with E-state index in [9.17, 15) is 13.6 Å². The van der Waals surface area contributed by atoms with Crippen LogP contribution in [0, 0.1) is 11.6 Å². The number of halogens is 2. The smallest absolute Gasteiger partial charge is 0.223 e. The van der Waals surface area contributed by atoms with Gasteiger partial charge in [0, 0.05) is 46.7 Å². The standard InChI is InChI=1S/C20H21F2NOS2/c21-15-6-7-18(22)17(14-15)19-8-10-23(11-13-26-19)20(24)9-12-25-16-4-2-1-3-5-16/h1-7,14,19H,8-13H2. The number of rotatable bonds is 5. The second-order valence-corrected chi connectivity index (χ2v) is 8.59. The van der Waals surface area contributed by atoms with Crippen LogP contribution in [0.2, 0.25) is 0 Å². The van der Waals surface area contributed by atoms with Gasteiger partial charge >= 0.3 is 0 Å². The number of thioether (sulfide) groups is 2. The molecule has 1 aliphatic heterocycles. The van der Waals surface area contributed by atoms with Gasteiger partial charge in [-0.15, -0.1) is 11.8 Å². The molecule has 138 valence electrons. The molecule has 0 aliphatic carbocycles. The largest absolute Gasteiger partial charge is 0.342 e. The molecule has 1 atom stereocenters. The Balaban J connectivity index is 1.51. The minimum absolute atomic E-state index is 0.109. The minimum atomic E-state index is -0.419. The van der Waals surface area contributed by atoms with Gasteiger partial charge in [-0.05, 0) is 36.8 Å². The molecule has 0 aromatic heterocycles. The van der Waals surface area contributed by atoms with Gasteiger partial charge in [-0.3, -0.25) is 4.79 Å². The zero-order valence-corrected chi connectivity index (χ0v) is 16.0. The molecule has 1 unspecified atom stereocenters. The SMILES string of the molecule is O=C(CCSc1ccccc1)N1CCSC(c2cc(F)ccc2F)CC1. The number of hydrogen-bond donors (Lipinski definition) is 0. The third-order valence-corrected chi connectivity index (χ3v) is 6.65. The molecule has 0 radical (unpaired) electrons. The number of nitrogens with zero attached hydrogens (tertiary/aromatic N) is 1. The van der Waals surface area contributed by atoms with Crippen LogP contribution in [0.3, 0.4) is 0 Å². The van der Waals surface area contributed by atoms with Crippen LogP contribution in [0.5, 0.6) is 0 Å². The Bertz CT molecular complexity index is 742. The van der Waals surface area contributed by atoms with Crippen molar-refractivity contribution in [1.29, 1.82) is 0 Å². The monoisotopic (exact) mass is 393 g/mol. The highest BCUT2D eigenvalue weighted by Gasteiger charge is 2.24. The maximum Gasteiger partial charge on any atom is 0.223 e. The lowest BCUT2D eigenvalue weighted by molar-refractivity contribution is -0.130. The topological polar surface area (TPSA) is 20.3 Å². The molecule has 1 aliphatic rings. The third kappa shape index (κ3) is 5.24. The van der Waals surface area contributed by atoms with Gasteiger partial charge in [0.05, 0.1) is 0 Å². The minimum Gasteiger partial charge on any atom is -0.342 e. The van der Waals surface area contributed by atoms with E-state index in [0.717, 1.165) is 22.5 Å². The number of carbonyl (C=O) groups is 1. The molecule has 1 amide bonds. The van der Waals surface area contributed by atoms with Crippen molar-refractivity contribution in [2.75, 3.05) is 24.6 Å². The van der Waals surface area contributed by atoms with Crippen molar-refractivity contribution < 1.29 is 13.6 Å². The number of hydrogen-bond acceptors (Lipinski definition) is 3. The molecule has 1 fully saturated rings. The normalized spacial score (nSPS) is 17.8. The lowest BCUT2D eigenvalue weighted by atomic mass is 10.1. The summed E-state index contributed by atoms with van der Waals surface area (Å²) in [4.78, 5) is 15.5. The lowest BCUT2D eigenvalue weighted by Crippen LogP contribution is -2.33. The van der Waals surface area contributed by atoms with Crippen LogP contribution in [0.15, 0.2) is 53.4 Å². The summed E-state index contributed by atoms with van der Waals surface area (Å²) in [7, 11) is 0. The fourth-order valence-electron chi connectivity index (χ4n) is 2.96. The summed E-state index contributed by atoms with van der Waals surface area (Å²) in [5.41, 5.74) is 0.406. The molecule has 0 bridgehead atoms. The van der Waals surface area contributed by atoms with Crippen LogP contribution >= 0.6 is 23.5 Å².